The molecule has 1 saturated heterocycles. The van der Waals surface area contributed by atoms with Crippen LogP contribution in [0, 0.1) is 0 Å². The van der Waals surface area contributed by atoms with Gasteiger partial charge in [-0.3, -0.25) is 4.98 Å². The molecule has 1 aliphatic heterocycles. The zero-order valence-electron chi connectivity index (χ0n) is 14.0. The Balaban J connectivity index is 1.81. The van der Waals surface area contributed by atoms with E-state index in [1.165, 1.54) is 29.3 Å². The van der Waals surface area contributed by atoms with Crippen molar-refractivity contribution in [1.82, 2.24) is 9.97 Å². The molecule has 3 nitrogen and oxygen atoms in total. The second-order valence-electron chi connectivity index (χ2n) is 6.65. The smallest absolute Gasteiger partial charge is 0.0737 e. The molecule has 0 radical (unpaired) electrons. The molecule has 0 N–H and O–H groups in total. The first kappa shape index (κ1) is 14.4. The standard InChI is InChI=1S/C22H19N3/c1-2-9-20-16(7-1)13-18-21(24-20)14-17(19-8-3-4-10-23-19)15-22(18)25-11-5-6-12-25/h1-4,7-10,13-15H,5-6,11-12H2. The zero-order chi connectivity index (χ0) is 16.6. The number of pyridine rings is 2. The van der Waals surface area contributed by atoms with Gasteiger partial charge in [0.25, 0.3) is 0 Å². The highest BCUT2D eigenvalue weighted by Gasteiger charge is 2.17. The van der Waals surface area contributed by atoms with Crippen LogP contribution in [0.25, 0.3) is 33.1 Å². The highest BCUT2D eigenvalue weighted by Crippen LogP contribution is 2.35. The van der Waals surface area contributed by atoms with Gasteiger partial charge in [-0.15, -0.1) is 0 Å². The highest BCUT2D eigenvalue weighted by atomic mass is 15.1. The fraction of sp³-hybridized carbons (Fsp3) is 0.182. The Hall–Kier alpha value is -2.94. The van der Waals surface area contributed by atoms with E-state index in [4.69, 9.17) is 4.98 Å². The summed E-state index contributed by atoms with van der Waals surface area (Å²) in [5.41, 5.74) is 5.51. The lowest BCUT2D eigenvalue weighted by Crippen LogP contribution is -2.18. The first-order chi connectivity index (χ1) is 12.4. The molecular weight excluding hydrogens is 306 g/mol. The Labute approximate surface area is 147 Å². The number of fused-ring (bicyclic) bond motifs is 2. The average molecular weight is 325 g/mol. The van der Waals surface area contributed by atoms with Gasteiger partial charge in [0.05, 0.1) is 16.7 Å². The molecule has 0 unspecified atom stereocenters. The largest absolute Gasteiger partial charge is 0.371 e. The van der Waals surface area contributed by atoms with Crippen LogP contribution in [0.15, 0.2) is 66.9 Å². The molecule has 0 aliphatic carbocycles. The molecule has 0 saturated carbocycles. The van der Waals surface area contributed by atoms with Gasteiger partial charge in [-0.2, -0.15) is 0 Å². The van der Waals surface area contributed by atoms with Crippen molar-refractivity contribution < 1.29 is 0 Å². The third kappa shape index (κ3) is 2.52. The molecule has 3 heteroatoms. The van der Waals surface area contributed by atoms with Gasteiger partial charge in [0, 0.05) is 41.3 Å². The van der Waals surface area contributed by atoms with Crippen molar-refractivity contribution in [1.29, 1.82) is 0 Å². The second kappa shape index (κ2) is 5.85. The van der Waals surface area contributed by atoms with E-state index in [0.29, 0.717) is 0 Å². The minimum Gasteiger partial charge on any atom is -0.371 e. The molecule has 2 aromatic carbocycles. The van der Waals surface area contributed by atoms with Crippen molar-refractivity contribution in [3.63, 3.8) is 0 Å². The first-order valence-corrected chi connectivity index (χ1v) is 8.88. The number of para-hydroxylation sites is 1. The van der Waals surface area contributed by atoms with E-state index < -0.39 is 0 Å². The Bertz CT molecular complexity index is 1050. The fourth-order valence-corrected chi connectivity index (χ4v) is 3.76. The van der Waals surface area contributed by atoms with E-state index in [1.54, 1.807) is 0 Å². The maximum atomic E-state index is 4.94. The van der Waals surface area contributed by atoms with Gasteiger partial charge in [0.2, 0.25) is 0 Å². The lowest BCUT2D eigenvalue weighted by molar-refractivity contribution is 0.949. The summed E-state index contributed by atoms with van der Waals surface area (Å²) in [6.45, 7) is 2.24. The Morgan fingerprint density at radius 2 is 1.64 bits per heavy atom. The number of benzene rings is 2. The predicted molar refractivity (Wildman–Crippen MR) is 104 cm³/mol. The van der Waals surface area contributed by atoms with Gasteiger partial charge in [-0.05, 0) is 49.2 Å². The minimum absolute atomic E-state index is 1.000. The van der Waals surface area contributed by atoms with E-state index in [2.05, 4.69) is 52.3 Å². The second-order valence-corrected chi connectivity index (χ2v) is 6.65. The van der Waals surface area contributed by atoms with E-state index in [0.717, 1.165) is 35.4 Å². The van der Waals surface area contributed by atoms with E-state index >= 15 is 0 Å². The van der Waals surface area contributed by atoms with Crippen molar-refractivity contribution in [3.05, 3.63) is 66.9 Å². The van der Waals surface area contributed by atoms with Crippen LogP contribution in [0.5, 0.6) is 0 Å². The molecule has 25 heavy (non-hydrogen) atoms. The first-order valence-electron chi connectivity index (χ1n) is 8.88. The maximum Gasteiger partial charge on any atom is 0.0737 e. The third-order valence-electron chi connectivity index (χ3n) is 5.02. The van der Waals surface area contributed by atoms with Gasteiger partial charge < -0.3 is 4.90 Å². The number of aromatic nitrogens is 2. The Morgan fingerprint density at radius 3 is 2.48 bits per heavy atom. The van der Waals surface area contributed by atoms with Crippen LogP contribution < -0.4 is 4.90 Å². The quantitative estimate of drug-likeness (QED) is 0.483. The molecule has 0 bridgehead atoms. The van der Waals surface area contributed by atoms with Crippen molar-refractivity contribution in [2.24, 2.45) is 0 Å². The predicted octanol–water partition coefficient (Wildman–Crippen LogP) is 5.05. The molecule has 1 aliphatic rings. The summed E-state index contributed by atoms with van der Waals surface area (Å²) in [4.78, 5) is 12.0. The lowest BCUT2D eigenvalue weighted by atomic mass is 10.0. The fourth-order valence-electron chi connectivity index (χ4n) is 3.76. The van der Waals surface area contributed by atoms with Crippen LogP contribution in [0.4, 0.5) is 5.69 Å². The monoisotopic (exact) mass is 325 g/mol. The number of rotatable bonds is 2. The van der Waals surface area contributed by atoms with Crippen molar-refractivity contribution in [2.45, 2.75) is 12.8 Å². The molecular formula is C22H19N3. The van der Waals surface area contributed by atoms with Crippen molar-refractivity contribution >= 4 is 27.5 Å². The summed E-state index contributed by atoms with van der Waals surface area (Å²) in [6.07, 6.45) is 4.37. The summed E-state index contributed by atoms with van der Waals surface area (Å²) >= 11 is 0. The summed E-state index contributed by atoms with van der Waals surface area (Å²) in [7, 11) is 0. The maximum absolute atomic E-state index is 4.94. The molecule has 0 amide bonds. The summed E-state index contributed by atoms with van der Waals surface area (Å²) in [6, 6.07) is 21.1. The molecule has 1 fully saturated rings. The molecule has 2 aromatic heterocycles. The van der Waals surface area contributed by atoms with Crippen molar-refractivity contribution in [3.8, 4) is 11.3 Å². The Morgan fingerprint density at radius 1 is 0.800 bits per heavy atom. The van der Waals surface area contributed by atoms with Gasteiger partial charge in [0.15, 0.2) is 0 Å². The highest BCUT2D eigenvalue weighted by molar-refractivity contribution is 6.02. The summed E-state index contributed by atoms with van der Waals surface area (Å²) in [5, 5.41) is 2.43. The topological polar surface area (TPSA) is 29.0 Å². The molecule has 122 valence electrons. The SMILES string of the molecule is c1ccc(-c2cc(N3CCCC3)c3cc4ccccc4nc3c2)nc1. The Kier molecular flexibility index (Phi) is 3.37. The van der Waals surface area contributed by atoms with Gasteiger partial charge in [0.1, 0.15) is 0 Å². The van der Waals surface area contributed by atoms with Gasteiger partial charge in [-0.1, -0.05) is 24.3 Å². The molecule has 0 atom stereocenters. The number of hydrogen-bond acceptors (Lipinski definition) is 3. The van der Waals surface area contributed by atoms with Crippen LogP contribution in [0.2, 0.25) is 0 Å². The normalized spacial score (nSPS) is 14.5. The van der Waals surface area contributed by atoms with E-state index in [-0.39, 0.29) is 0 Å². The van der Waals surface area contributed by atoms with E-state index in [1.807, 2.05) is 24.4 Å². The number of anilines is 1. The van der Waals surface area contributed by atoms with Crippen LogP contribution in [-0.2, 0) is 0 Å². The van der Waals surface area contributed by atoms with Gasteiger partial charge in [-0.25, -0.2) is 4.98 Å². The van der Waals surface area contributed by atoms with Crippen LogP contribution in [-0.4, -0.2) is 23.1 Å². The molecule has 0 spiro atoms. The van der Waals surface area contributed by atoms with Crippen molar-refractivity contribution in [2.75, 3.05) is 18.0 Å². The van der Waals surface area contributed by atoms with E-state index in [9.17, 15) is 0 Å². The molecule has 5 rings (SSSR count). The zero-order valence-corrected chi connectivity index (χ0v) is 14.0. The number of hydrogen-bond donors (Lipinski definition) is 0. The summed E-state index contributed by atoms with van der Waals surface area (Å²) in [5.74, 6) is 0. The lowest BCUT2D eigenvalue weighted by Gasteiger charge is -2.21. The van der Waals surface area contributed by atoms with Crippen LogP contribution in [0.3, 0.4) is 0 Å². The average Bonchev–Trinajstić information content (AvgIpc) is 3.21. The number of nitrogens with zero attached hydrogens (tertiary/aromatic N) is 3. The van der Waals surface area contributed by atoms with Crippen LogP contribution >= 0.6 is 0 Å². The third-order valence-corrected chi connectivity index (χ3v) is 5.02. The molecule has 4 aromatic rings. The summed E-state index contributed by atoms with van der Waals surface area (Å²) < 4.78 is 0. The van der Waals surface area contributed by atoms with Crippen LogP contribution in [0.1, 0.15) is 12.8 Å². The molecule has 3 heterocycles. The minimum atomic E-state index is 1.000. The van der Waals surface area contributed by atoms with Gasteiger partial charge >= 0.3 is 0 Å².